The van der Waals surface area contributed by atoms with Crippen molar-refractivity contribution in [3.8, 4) is 28.4 Å². The lowest BCUT2D eigenvalue weighted by molar-refractivity contribution is -0.121. The molecule has 0 saturated carbocycles. The Hall–Kier alpha value is -4.79. The molecule has 40 heavy (non-hydrogen) atoms. The average molecular weight is 545 g/mol. The van der Waals surface area contributed by atoms with Crippen molar-refractivity contribution in [2.24, 2.45) is 0 Å². The summed E-state index contributed by atoms with van der Waals surface area (Å²) in [7, 11) is 3.24. The number of likely N-dealkylation sites (N-methyl/N-ethyl adjacent to an activating group) is 1. The number of hydrogen-bond donors (Lipinski definition) is 1. The van der Waals surface area contributed by atoms with Crippen molar-refractivity contribution in [2.75, 3.05) is 24.4 Å². The highest BCUT2D eigenvalue weighted by molar-refractivity contribution is 6.08. The molecule has 1 N–H and O–H groups in total. The zero-order valence-electron chi connectivity index (χ0n) is 22.8. The molecule has 1 aliphatic heterocycles. The highest BCUT2D eigenvalue weighted by atomic mass is 19.1. The fourth-order valence-electron chi connectivity index (χ4n) is 4.82. The summed E-state index contributed by atoms with van der Waals surface area (Å²) >= 11 is 0. The van der Waals surface area contributed by atoms with E-state index in [0.29, 0.717) is 28.3 Å². The van der Waals surface area contributed by atoms with Crippen molar-refractivity contribution in [2.45, 2.75) is 32.9 Å². The monoisotopic (exact) mass is 544 g/mol. The minimum absolute atomic E-state index is 0.0426. The van der Waals surface area contributed by atoms with E-state index < -0.39 is 17.3 Å². The third kappa shape index (κ3) is 4.98. The van der Waals surface area contributed by atoms with Gasteiger partial charge in [-0.3, -0.25) is 4.79 Å². The van der Waals surface area contributed by atoms with Gasteiger partial charge in [0.1, 0.15) is 35.2 Å². The summed E-state index contributed by atoms with van der Waals surface area (Å²) in [6.45, 7) is 5.52. The third-order valence-corrected chi connectivity index (χ3v) is 6.82. The molecule has 0 saturated heterocycles. The van der Waals surface area contributed by atoms with Crippen molar-refractivity contribution < 1.29 is 32.6 Å². The zero-order valence-corrected chi connectivity index (χ0v) is 22.8. The minimum Gasteiger partial charge on any atom is -0.496 e. The quantitative estimate of drug-likeness (QED) is 0.214. The second-order valence-electron chi connectivity index (χ2n) is 10.0. The molecule has 4 aromatic rings. The Kier molecular flexibility index (Phi) is 6.97. The van der Waals surface area contributed by atoms with Gasteiger partial charge in [-0.1, -0.05) is 12.1 Å². The maximum Gasteiger partial charge on any atom is 0.379 e. The molecule has 1 aromatic heterocycles. The number of furan rings is 1. The van der Waals surface area contributed by atoms with E-state index in [4.69, 9.17) is 18.6 Å². The molecule has 0 unspecified atom stereocenters. The van der Waals surface area contributed by atoms with Crippen LogP contribution in [0.2, 0.25) is 0 Å². The average Bonchev–Trinajstić information content (AvgIpc) is 3.47. The summed E-state index contributed by atoms with van der Waals surface area (Å²) in [5.41, 5.74) is 3.48. The number of hydrogen-bond acceptors (Lipinski definition) is 7. The molecule has 0 aliphatic carbocycles. The van der Waals surface area contributed by atoms with Crippen molar-refractivity contribution in [3.05, 3.63) is 89.6 Å². The molecule has 0 bridgehead atoms. The predicted molar refractivity (Wildman–Crippen MR) is 149 cm³/mol. The molecule has 2 heterocycles. The summed E-state index contributed by atoms with van der Waals surface area (Å²) in [5.74, 6) is 0.0129. The SMILES string of the molecule is COc1cc(OC(=O)c2ccco2)ccc1-c1ccc2c(c1COc1cc(F)ccc1C)N(C)C(=O)C(C)(C)N2. The molecular weight excluding hydrogens is 515 g/mol. The summed E-state index contributed by atoms with van der Waals surface area (Å²) < 4.78 is 36.4. The first-order chi connectivity index (χ1) is 19.1. The molecular formula is C31H29FN2O6. The van der Waals surface area contributed by atoms with Crippen LogP contribution >= 0.6 is 0 Å². The molecule has 1 aliphatic rings. The molecule has 0 fully saturated rings. The Morgan fingerprint density at radius 3 is 2.55 bits per heavy atom. The maximum atomic E-state index is 14.0. The number of ether oxygens (including phenoxy) is 3. The van der Waals surface area contributed by atoms with Crippen molar-refractivity contribution >= 4 is 23.3 Å². The Morgan fingerprint density at radius 2 is 1.82 bits per heavy atom. The van der Waals surface area contributed by atoms with Crippen molar-refractivity contribution in [1.29, 1.82) is 0 Å². The Labute approximate surface area is 231 Å². The normalized spacial score (nSPS) is 13.8. The van der Waals surface area contributed by atoms with E-state index in [-0.39, 0.29) is 24.0 Å². The van der Waals surface area contributed by atoms with E-state index in [0.717, 1.165) is 16.8 Å². The van der Waals surface area contributed by atoms with Crippen LogP contribution in [-0.4, -0.2) is 31.6 Å². The van der Waals surface area contributed by atoms with Crippen molar-refractivity contribution in [1.82, 2.24) is 0 Å². The van der Waals surface area contributed by atoms with E-state index in [2.05, 4.69) is 5.32 Å². The number of fused-ring (bicyclic) bond motifs is 1. The molecule has 0 atom stereocenters. The second-order valence-corrected chi connectivity index (χ2v) is 10.0. The number of nitrogens with zero attached hydrogens (tertiary/aromatic N) is 1. The predicted octanol–water partition coefficient (Wildman–Crippen LogP) is 6.37. The first kappa shape index (κ1) is 26.8. The molecule has 9 heteroatoms. The molecule has 5 rings (SSSR count). The molecule has 0 spiro atoms. The van der Waals surface area contributed by atoms with E-state index in [1.54, 1.807) is 42.3 Å². The van der Waals surface area contributed by atoms with Crippen LogP contribution in [-0.2, 0) is 11.4 Å². The number of esters is 1. The van der Waals surface area contributed by atoms with E-state index in [1.807, 2.05) is 32.9 Å². The van der Waals surface area contributed by atoms with E-state index in [9.17, 15) is 14.0 Å². The van der Waals surface area contributed by atoms with Gasteiger partial charge in [0.2, 0.25) is 5.76 Å². The smallest absolute Gasteiger partial charge is 0.379 e. The Bertz CT molecular complexity index is 1600. The topological polar surface area (TPSA) is 90.2 Å². The summed E-state index contributed by atoms with van der Waals surface area (Å²) in [4.78, 5) is 27.2. The summed E-state index contributed by atoms with van der Waals surface area (Å²) in [5, 5.41) is 3.32. The number of anilines is 2. The number of carbonyl (C=O) groups excluding carboxylic acids is 2. The lowest BCUT2D eigenvalue weighted by Crippen LogP contribution is -2.52. The number of benzene rings is 3. The summed E-state index contributed by atoms with van der Waals surface area (Å²) in [6, 6.07) is 16.3. The highest BCUT2D eigenvalue weighted by Gasteiger charge is 2.38. The molecule has 0 radical (unpaired) electrons. The van der Waals surface area contributed by atoms with Gasteiger partial charge in [0.05, 0.1) is 24.7 Å². The van der Waals surface area contributed by atoms with Crippen molar-refractivity contribution in [3.63, 3.8) is 0 Å². The third-order valence-electron chi connectivity index (χ3n) is 6.82. The van der Waals surface area contributed by atoms with Crippen LogP contribution in [0.3, 0.4) is 0 Å². The van der Waals surface area contributed by atoms with Gasteiger partial charge in [0.15, 0.2) is 0 Å². The van der Waals surface area contributed by atoms with Crippen LogP contribution in [0.15, 0.2) is 71.3 Å². The number of nitrogens with one attached hydrogen (secondary N) is 1. The standard InChI is InChI=1S/C31H29FN2O6/c1-18-8-9-19(32)15-26(18)39-17-23-21(12-13-24-28(23)34(4)30(36)31(2,3)33-24)22-11-10-20(16-27(22)37-5)40-29(35)25-7-6-14-38-25/h6-16,33H,17H2,1-5H3. The van der Waals surface area contributed by atoms with Gasteiger partial charge in [0.25, 0.3) is 5.91 Å². The number of amides is 1. The van der Waals surface area contributed by atoms with E-state index in [1.165, 1.54) is 31.6 Å². The van der Waals surface area contributed by atoms with Gasteiger partial charge >= 0.3 is 5.97 Å². The number of carbonyl (C=O) groups is 2. The fourth-order valence-corrected chi connectivity index (χ4v) is 4.82. The van der Waals surface area contributed by atoms with Crippen LogP contribution in [0, 0.1) is 12.7 Å². The highest BCUT2D eigenvalue weighted by Crippen LogP contribution is 2.45. The lowest BCUT2D eigenvalue weighted by Gasteiger charge is -2.39. The molecule has 3 aromatic carbocycles. The minimum atomic E-state index is -0.808. The van der Waals surface area contributed by atoms with Crippen LogP contribution in [0.1, 0.15) is 35.5 Å². The van der Waals surface area contributed by atoms with Gasteiger partial charge in [-0.25, -0.2) is 9.18 Å². The molecule has 8 nitrogen and oxygen atoms in total. The zero-order chi connectivity index (χ0) is 28.6. The van der Waals surface area contributed by atoms with Crippen LogP contribution in [0.4, 0.5) is 15.8 Å². The van der Waals surface area contributed by atoms with Gasteiger partial charge in [-0.05, 0) is 68.3 Å². The lowest BCUT2D eigenvalue weighted by atomic mass is 9.91. The van der Waals surface area contributed by atoms with Crippen LogP contribution in [0.25, 0.3) is 11.1 Å². The fraction of sp³-hybridized carbons (Fsp3) is 0.226. The first-order valence-electron chi connectivity index (χ1n) is 12.6. The molecule has 1 amide bonds. The van der Waals surface area contributed by atoms with Gasteiger partial charge in [0, 0.05) is 30.3 Å². The largest absolute Gasteiger partial charge is 0.496 e. The maximum absolute atomic E-state index is 14.0. The number of halogens is 1. The number of methoxy groups -OCH3 is 1. The van der Waals surface area contributed by atoms with Gasteiger partial charge in [-0.2, -0.15) is 0 Å². The first-order valence-corrected chi connectivity index (χ1v) is 12.6. The second kappa shape index (κ2) is 10.4. The summed E-state index contributed by atoms with van der Waals surface area (Å²) in [6.07, 6.45) is 1.39. The van der Waals surface area contributed by atoms with Crippen LogP contribution in [0.5, 0.6) is 17.2 Å². The molecule has 206 valence electrons. The van der Waals surface area contributed by atoms with Gasteiger partial charge in [-0.15, -0.1) is 0 Å². The van der Waals surface area contributed by atoms with Gasteiger partial charge < -0.3 is 28.8 Å². The number of aryl methyl sites for hydroxylation is 1. The number of rotatable bonds is 7. The Morgan fingerprint density at radius 1 is 1.05 bits per heavy atom. The Balaban J connectivity index is 1.59. The van der Waals surface area contributed by atoms with Crippen LogP contribution < -0.4 is 24.4 Å². The van der Waals surface area contributed by atoms with E-state index >= 15 is 0 Å².